The van der Waals surface area contributed by atoms with Gasteiger partial charge < -0.3 is 5.32 Å². The van der Waals surface area contributed by atoms with E-state index in [1.807, 2.05) is 24.3 Å². The maximum Gasteiger partial charge on any atom is 0.221 e. The summed E-state index contributed by atoms with van der Waals surface area (Å²) < 4.78 is 2.24. The molecule has 0 unspecified atom stereocenters. The van der Waals surface area contributed by atoms with E-state index in [4.69, 9.17) is 12.2 Å². The minimum atomic E-state index is -0.104. The summed E-state index contributed by atoms with van der Waals surface area (Å²) in [4.78, 5) is 10.9. The summed E-state index contributed by atoms with van der Waals surface area (Å²) >= 11 is 5.06. The summed E-state index contributed by atoms with van der Waals surface area (Å²) in [5.41, 5.74) is 1.58. The number of hydrogen-bond acceptors (Lipinski definition) is 3. The number of anilines is 1. The van der Waals surface area contributed by atoms with Crippen LogP contribution in [0.1, 0.15) is 6.92 Å². The van der Waals surface area contributed by atoms with Crippen molar-refractivity contribution in [3.63, 3.8) is 0 Å². The van der Waals surface area contributed by atoms with Gasteiger partial charge in [-0.05, 0) is 30.4 Å². The van der Waals surface area contributed by atoms with E-state index < -0.39 is 0 Å². The number of hydrogen-bond donors (Lipinski definition) is 2. The number of carbonyl (C=O) groups excluding carboxylic acids is 1. The fraction of sp³-hybridized carbons (Fsp3) is 0.100. The monoisotopic (exact) mass is 234 g/mol. The average Bonchev–Trinajstić information content (AvgIpc) is 2.64. The SMILES string of the molecule is CC(=O)Nc1cccc(-n2cn[nH]c2=S)c1. The predicted molar refractivity (Wildman–Crippen MR) is 63.1 cm³/mol. The largest absolute Gasteiger partial charge is 0.326 e. The van der Waals surface area contributed by atoms with Crippen LogP contribution in [0, 0.1) is 4.77 Å². The number of aromatic amines is 1. The normalized spacial score (nSPS) is 10.1. The quantitative estimate of drug-likeness (QED) is 0.780. The molecule has 0 aliphatic carbocycles. The Morgan fingerprint density at radius 1 is 1.56 bits per heavy atom. The Morgan fingerprint density at radius 2 is 2.38 bits per heavy atom. The molecule has 1 aromatic heterocycles. The highest BCUT2D eigenvalue weighted by Crippen LogP contribution is 2.14. The number of nitrogens with zero attached hydrogens (tertiary/aromatic N) is 2. The van der Waals surface area contributed by atoms with E-state index in [0.29, 0.717) is 4.77 Å². The van der Waals surface area contributed by atoms with Gasteiger partial charge in [0.1, 0.15) is 6.33 Å². The number of H-pyrrole nitrogens is 1. The molecule has 0 bridgehead atoms. The number of benzene rings is 1. The van der Waals surface area contributed by atoms with Gasteiger partial charge in [-0.1, -0.05) is 6.07 Å². The van der Waals surface area contributed by atoms with Gasteiger partial charge in [0.15, 0.2) is 4.77 Å². The lowest BCUT2D eigenvalue weighted by atomic mass is 10.2. The summed E-state index contributed by atoms with van der Waals surface area (Å²) in [7, 11) is 0. The van der Waals surface area contributed by atoms with E-state index in [2.05, 4.69) is 15.5 Å². The molecule has 1 amide bonds. The number of aromatic nitrogens is 3. The van der Waals surface area contributed by atoms with E-state index >= 15 is 0 Å². The van der Waals surface area contributed by atoms with Crippen LogP contribution in [0.25, 0.3) is 5.69 Å². The van der Waals surface area contributed by atoms with Crippen LogP contribution in [0.4, 0.5) is 5.69 Å². The van der Waals surface area contributed by atoms with Gasteiger partial charge >= 0.3 is 0 Å². The Morgan fingerprint density at radius 3 is 3.00 bits per heavy atom. The summed E-state index contributed by atoms with van der Waals surface area (Å²) in [6, 6.07) is 7.37. The summed E-state index contributed by atoms with van der Waals surface area (Å²) in [5.74, 6) is -0.104. The van der Waals surface area contributed by atoms with Crippen LogP contribution in [0.15, 0.2) is 30.6 Å². The lowest BCUT2D eigenvalue weighted by molar-refractivity contribution is -0.114. The zero-order valence-corrected chi connectivity index (χ0v) is 9.41. The molecule has 5 nitrogen and oxygen atoms in total. The van der Waals surface area contributed by atoms with Gasteiger partial charge in [-0.15, -0.1) is 0 Å². The average molecular weight is 234 g/mol. The minimum Gasteiger partial charge on any atom is -0.326 e. The molecule has 2 rings (SSSR count). The fourth-order valence-corrected chi connectivity index (χ4v) is 1.57. The van der Waals surface area contributed by atoms with Crippen LogP contribution in [0.5, 0.6) is 0 Å². The van der Waals surface area contributed by atoms with Crippen LogP contribution in [0.3, 0.4) is 0 Å². The third kappa shape index (κ3) is 2.17. The van der Waals surface area contributed by atoms with E-state index in [1.165, 1.54) is 6.92 Å². The maximum absolute atomic E-state index is 10.9. The Bertz CT molecular complexity index is 572. The molecule has 2 N–H and O–H groups in total. The van der Waals surface area contributed by atoms with Crippen molar-refractivity contribution in [3.8, 4) is 5.69 Å². The summed E-state index contributed by atoms with van der Waals surface area (Å²) in [5, 5.41) is 9.21. The summed E-state index contributed by atoms with van der Waals surface area (Å²) in [6.07, 6.45) is 1.59. The zero-order chi connectivity index (χ0) is 11.5. The number of amides is 1. The van der Waals surface area contributed by atoms with Gasteiger partial charge in [0.05, 0.1) is 5.69 Å². The van der Waals surface area contributed by atoms with Gasteiger partial charge in [0, 0.05) is 12.6 Å². The molecule has 1 heterocycles. The number of nitrogens with one attached hydrogen (secondary N) is 2. The Labute approximate surface area is 97.1 Å². The second-order valence-corrected chi connectivity index (χ2v) is 3.65. The molecule has 1 aromatic carbocycles. The van der Waals surface area contributed by atoms with Crippen LogP contribution in [-0.2, 0) is 4.79 Å². The van der Waals surface area contributed by atoms with Crippen molar-refractivity contribution in [2.45, 2.75) is 6.92 Å². The van der Waals surface area contributed by atoms with Crippen LogP contribution in [0.2, 0.25) is 0 Å². The molecule has 0 atom stereocenters. The Kier molecular flexibility index (Phi) is 2.82. The molecule has 0 radical (unpaired) electrons. The third-order valence-electron chi connectivity index (χ3n) is 2.00. The highest BCUT2D eigenvalue weighted by Gasteiger charge is 2.00. The van der Waals surface area contributed by atoms with Crippen molar-refractivity contribution >= 4 is 23.8 Å². The standard InChI is InChI=1S/C10H10N4OS/c1-7(15)12-8-3-2-4-9(5-8)14-6-11-13-10(14)16/h2-6H,1H3,(H,12,15)(H,13,16). The molecule has 0 aliphatic rings. The molecule has 0 saturated heterocycles. The van der Waals surface area contributed by atoms with Crippen molar-refractivity contribution < 1.29 is 4.79 Å². The van der Waals surface area contributed by atoms with Crippen molar-refractivity contribution in [1.29, 1.82) is 0 Å². The molecule has 2 aromatic rings. The van der Waals surface area contributed by atoms with Gasteiger partial charge in [-0.2, -0.15) is 5.10 Å². The first kappa shape index (κ1) is 10.6. The molecule has 0 aliphatic heterocycles. The Hall–Kier alpha value is -1.95. The van der Waals surface area contributed by atoms with Gasteiger partial charge in [-0.3, -0.25) is 14.5 Å². The van der Waals surface area contributed by atoms with Crippen molar-refractivity contribution in [3.05, 3.63) is 35.4 Å². The zero-order valence-electron chi connectivity index (χ0n) is 8.60. The molecular formula is C10H10N4OS. The van der Waals surface area contributed by atoms with Crippen LogP contribution < -0.4 is 5.32 Å². The summed E-state index contributed by atoms with van der Waals surface area (Å²) in [6.45, 7) is 1.47. The maximum atomic E-state index is 10.9. The fourth-order valence-electron chi connectivity index (χ4n) is 1.37. The van der Waals surface area contributed by atoms with Crippen LogP contribution in [-0.4, -0.2) is 20.7 Å². The van der Waals surface area contributed by atoms with Crippen LogP contribution >= 0.6 is 12.2 Å². The van der Waals surface area contributed by atoms with E-state index in [1.54, 1.807) is 10.9 Å². The first-order chi connectivity index (χ1) is 7.66. The molecular weight excluding hydrogens is 224 g/mol. The first-order valence-electron chi connectivity index (χ1n) is 4.67. The number of carbonyl (C=O) groups is 1. The minimum absolute atomic E-state index is 0.104. The van der Waals surface area contributed by atoms with E-state index in [-0.39, 0.29) is 5.91 Å². The van der Waals surface area contributed by atoms with Crippen molar-refractivity contribution in [2.24, 2.45) is 0 Å². The molecule has 0 spiro atoms. The van der Waals surface area contributed by atoms with E-state index in [0.717, 1.165) is 11.4 Å². The lowest BCUT2D eigenvalue weighted by Crippen LogP contribution is -2.06. The van der Waals surface area contributed by atoms with Gasteiger partial charge in [-0.25, -0.2) is 0 Å². The van der Waals surface area contributed by atoms with Crippen molar-refractivity contribution in [1.82, 2.24) is 14.8 Å². The second-order valence-electron chi connectivity index (χ2n) is 3.26. The highest BCUT2D eigenvalue weighted by molar-refractivity contribution is 7.71. The molecule has 0 fully saturated rings. The molecule has 6 heteroatoms. The topological polar surface area (TPSA) is 62.7 Å². The van der Waals surface area contributed by atoms with Gasteiger partial charge in [0.2, 0.25) is 5.91 Å². The lowest BCUT2D eigenvalue weighted by Gasteiger charge is -2.05. The molecule has 82 valence electrons. The predicted octanol–water partition coefficient (Wildman–Crippen LogP) is 1.89. The third-order valence-corrected chi connectivity index (χ3v) is 2.28. The van der Waals surface area contributed by atoms with Crippen molar-refractivity contribution in [2.75, 3.05) is 5.32 Å². The second kappa shape index (κ2) is 4.28. The van der Waals surface area contributed by atoms with E-state index in [9.17, 15) is 4.79 Å². The smallest absolute Gasteiger partial charge is 0.221 e. The van der Waals surface area contributed by atoms with Gasteiger partial charge in [0.25, 0.3) is 0 Å². The molecule has 0 saturated carbocycles. The number of rotatable bonds is 2. The first-order valence-corrected chi connectivity index (χ1v) is 5.08. The highest BCUT2D eigenvalue weighted by atomic mass is 32.1. The molecule has 16 heavy (non-hydrogen) atoms. The Balaban J connectivity index is 2.40.